The average molecular weight is 268 g/mol. The Balaban J connectivity index is 1.90. The maximum absolute atomic E-state index is 12.1. The quantitative estimate of drug-likeness (QED) is 0.762. The molecule has 1 aliphatic heterocycles. The van der Waals surface area contributed by atoms with Gasteiger partial charge in [-0.1, -0.05) is 0 Å². The fraction of sp³-hybridized carbons (Fsp3) is 0.615. The summed E-state index contributed by atoms with van der Waals surface area (Å²) in [7, 11) is 1.62. The molecule has 1 aromatic heterocycles. The molecule has 0 saturated carbocycles. The topological polar surface area (TPSA) is 72.7 Å². The van der Waals surface area contributed by atoms with E-state index >= 15 is 0 Å². The van der Waals surface area contributed by atoms with Gasteiger partial charge in [0.1, 0.15) is 11.3 Å². The van der Waals surface area contributed by atoms with Gasteiger partial charge in [-0.05, 0) is 12.1 Å². The van der Waals surface area contributed by atoms with Gasteiger partial charge in [-0.15, -0.1) is 0 Å². The standard InChI is InChI=1S/C13H20N2O4/c1-18-8-6-15-5-2-3-11(15)12(16)14-9-13(17)4-7-19-10-13/h2-3,5,17H,4,6-10H2,1H3,(H,14,16). The summed E-state index contributed by atoms with van der Waals surface area (Å²) >= 11 is 0. The highest BCUT2D eigenvalue weighted by atomic mass is 16.5. The predicted octanol–water partition coefficient (Wildman–Crippen LogP) is 0.0157. The third kappa shape index (κ3) is 3.56. The second-order valence-electron chi connectivity index (χ2n) is 4.79. The van der Waals surface area contributed by atoms with E-state index in [0.717, 1.165) is 0 Å². The van der Waals surface area contributed by atoms with Gasteiger partial charge >= 0.3 is 0 Å². The number of ether oxygens (including phenoxy) is 2. The molecule has 0 aromatic carbocycles. The molecule has 6 heteroatoms. The van der Waals surface area contributed by atoms with Crippen LogP contribution < -0.4 is 5.32 Å². The van der Waals surface area contributed by atoms with Crippen molar-refractivity contribution in [3.8, 4) is 0 Å². The summed E-state index contributed by atoms with van der Waals surface area (Å²) in [4.78, 5) is 12.1. The highest BCUT2D eigenvalue weighted by molar-refractivity contribution is 5.92. The lowest BCUT2D eigenvalue weighted by atomic mass is 10.0. The number of aromatic nitrogens is 1. The van der Waals surface area contributed by atoms with Crippen molar-refractivity contribution in [1.29, 1.82) is 0 Å². The van der Waals surface area contributed by atoms with Crippen molar-refractivity contribution < 1.29 is 19.4 Å². The first-order chi connectivity index (χ1) is 9.14. The molecule has 2 heterocycles. The van der Waals surface area contributed by atoms with Gasteiger partial charge in [-0.3, -0.25) is 4.79 Å². The SMILES string of the molecule is COCCn1cccc1C(=O)NCC1(O)CCOC1. The molecule has 0 spiro atoms. The summed E-state index contributed by atoms with van der Waals surface area (Å²) in [6.45, 7) is 2.20. The molecule has 106 valence electrons. The van der Waals surface area contributed by atoms with Crippen molar-refractivity contribution in [3.05, 3.63) is 24.0 Å². The fourth-order valence-corrected chi connectivity index (χ4v) is 2.08. The Morgan fingerprint density at radius 1 is 1.68 bits per heavy atom. The maximum Gasteiger partial charge on any atom is 0.268 e. The molecular formula is C13H20N2O4. The van der Waals surface area contributed by atoms with Gasteiger partial charge in [-0.2, -0.15) is 0 Å². The molecule has 1 aliphatic rings. The zero-order chi connectivity index (χ0) is 13.7. The van der Waals surface area contributed by atoms with E-state index in [1.165, 1.54) is 0 Å². The summed E-state index contributed by atoms with van der Waals surface area (Å²) in [5.74, 6) is -0.193. The van der Waals surface area contributed by atoms with Crippen LogP contribution in [0.4, 0.5) is 0 Å². The Hall–Kier alpha value is -1.37. The number of hydrogen-bond acceptors (Lipinski definition) is 4. The molecule has 1 aromatic rings. The highest BCUT2D eigenvalue weighted by Gasteiger charge is 2.32. The molecule has 0 radical (unpaired) electrons. The number of nitrogens with zero attached hydrogens (tertiary/aromatic N) is 1. The molecule has 2 N–H and O–H groups in total. The van der Waals surface area contributed by atoms with Crippen LogP contribution in [0.25, 0.3) is 0 Å². The molecule has 19 heavy (non-hydrogen) atoms. The van der Waals surface area contributed by atoms with E-state index in [-0.39, 0.29) is 19.1 Å². The lowest BCUT2D eigenvalue weighted by Crippen LogP contribution is -2.43. The number of carbonyl (C=O) groups excluding carboxylic acids is 1. The minimum Gasteiger partial charge on any atom is -0.386 e. The second kappa shape index (κ2) is 6.18. The van der Waals surface area contributed by atoms with Crippen molar-refractivity contribution in [1.82, 2.24) is 9.88 Å². The van der Waals surface area contributed by atoms with Crippen molar-refractivity contribution in [3.63, 3.8) is 0 Å². The number of nitrogens with one attached hydrogen (secondary N) is 1. The van der Waals surface area contributed by atoms with E-state index in [4.69, 9.17) is 9.47 Å². The predicted molar refractivity (Wildman–Crippen MR) is 69.0 cm³/mol. The number of carbonyl (C=O) groups is 1. The molecule has 0 bridgehead atoms. The molecule has 1 atom stereocenters. The van der Waals surface area contributed by atoms with Gasteiger partial charge in [0.2, 0.25) is 0 Å². The van der Waals surface area contributed by atoms with Crippen LogP contribution in [0.5, 0.6) is 0 Å². The van der Waals surface area contributed by atoms with Crippen LogP contribution in [0.15, 0.2) is 18.3 Å². The number of hydrogen-bond donors (Lipinski definition) is 2. The van der Waals surface area contributed by atoms with Gasteiger partial charge in [-0.25, -0.2) is 0 Å². The Bertz CT molecular complexity index is 424. The third-order valence-electron chi connectivity index (χ3n) is 3.26. The van der Waals surface area contributed by atoms with Crippen LogP contribution in [0.2, 0.25) is 0 Å². The summed E-state index contributed by atoms with van der Waals surface area (Å²) in [5.41, 5.74) is -0.362. The molecule has 1 unspecified atom stereocenters. The maximum atomic E-state index is 12.1. The van der Waals surface area contributed by atoms with E-state index < -0.39 is 5.60 Å². The van der Waals surface area contributed by atoms with Crippen molar-refractivity contribution >= 4 is 5.91 Å². The second-order valence-corrected chi connectivity index (χ2v) is 4.79. The smallest absolute Gasteiger partial charge is 0.268 e. The van der Waals surface area contributed by atoms with Gasteiger partial charge in [0.25, 0.3) is 5.91 Å². The fourth-order valence-electron chi connectivity index (χ4n) is 2.08. The van der Waals surface area contributed by atoms with E-state index in [1.807, 2.05) is 16.8 Å². The first-order valence-electron chi connectivity index (χ1n) is 6.37. The molecular weight excluding hydrogens is 248 g/mol. The summed E-state index contributed by atoms with van der Waals surface area (Å²) in [6.07, 6.45) is 2.39. The Morgan fingerprint density at radius 2 is 2.53 bits per heavy atom. The molecule has 0 aliphatic carbocycles. The van der Waals surface area contributed by atoms with E-state index in [1.54, 1.807) is 13.2 Å². The van der Waals surface area contributed by atoms with Crippen LogP contribution in [0.3, 0.4) is 0 Å². The largest absolute Gasteiger partial charge is 0.386 e. The van der Waals surface area contributed by atoms with Crippen LogP contribution in [0.1, 0.15) is 16.9 Å². The number of rotatable bonds is 6. The third-order valence-corrected chi connectivity index (χ3v) is 3.26. The number of amides is 1. The van der Waals surface area contributed by atoms with E-state index in [0.29, 0.717) is 31.9 Å². The zero-order valence-corrected chi connectivity index (χ0v) is 11.1. The molecule has 1 fully saturated rings. The Morgan fingerprint density at radius 3 is 3.21 bits per heavy atom. The zero-order valence-electron chi connectivity index (χ0n) is 11.1. The lowest BCUT2D eigenvalue weighted by molar-refractivity contribution is 0.0263. The summed E-state index contributed by atoms with van der Waals surface area (Å²) in [5, 5.41) is 12.8. The highest BCUT2D eigenvalue weighted by Crippen LogP contribution is 2.17. The van der Waals surface area contributed by atoms with Crippen LogP contribution in [-0.4, -0.2) is 54.7 Å². The molecule has 1 amide bonds. The normalized spacial score (nSPS) is 22.6. The molecule has 6 nitrogen and oxygen atoms in total. The van der Waals surface area contributed by atoms with Crippen LogP contribution in [0, 0.1) is 0 Å². The van der Waals surface area contributed by atoms with Crippen LogP contribution >= 0.6 is 0 Å². The van der Waals surface area contributed by atoms with Gasteiger partial charge in [0.15, 0.2) is 0 Å². The number of aliphatic hydroxyl groups is 1. The number of methoxy groups -OCH3 is 1. The summed E-state index contributed by atoms with van der Waals surface area (Å²) in [6, 6.07) is 3.57. The average Bonchev–Trinajstić information content (AvgIpc) is 3.03. The minimum atomic E-state index is -0.931. The molecule has 1 saturated heterocycles. The van der Waals surface area contributed by atoms with Gasteiger partial charge in [0.05, 0.1) is 13.2 Å². The van der Waals surface area contributed by atoms with Gasteiger partial charge < -0.3 is 24.5 Å². The summed E-state index contributed by atoms with van der Waals surface area (Å²) < 4.78 is 12.0. The van der Waals surface area contributed by atoms with Crippen LogP contribution in [-0.2, 0) is 16.0 Å². The lowest BCUT2D eigenvalue weighted by Gasteiger charge is -2.20. The monoisotopic (exact) mass is 268 g/mol. The van der Waals surface area contributed by atoms with Gasteiger partial charge in [0, 0.05) is 39.4 Å². The van der Waals surface area contributed by atoms with Crippen molar-refractivity contribution in [2.45, 2.75) is 18.6 Å². The first kappa shape index (κ1) is 14.0. The Labute approximate surface area is 112 Å². The van der Waals surface area contributed by atoms with E-state index in [9.17, 15) is 9.90 Å². The first-order valence-corrected chi connectivity index (χ1v) is 6.37. The van der Waals surface area contributed by atoms with Crippen molar-refractivity contribution in [2.24, 2.45) is 0 Å². The Kier molecular flexibility index (Phi) is 4.57. The van der Waals surface area contributed by atoms with Crippen molar-refractivity contribution in [2.75, 3.05) is 33.5 Å². The molecule has 2 rings (SSSR count). The minimum absolute atomic E-state index is 0.193. The van der Waals surface area contributed by atoms with E-state index in [2.05, 4.69) is 5.32 Å².